The lowest BCUT2D eigenvalue weighted by Gasteiger charge is -2.09. The van der Waals surface area contributed by atoms with Gasteiger partial charge in [-0.2, -0.15) is 5.26 Å². The van der Waals surface area contributed by atoms with Crippen LogP contribution in [0.2, 0.25) is 0 Å². The molecular formula is C18H18N2OS. The predicted molar refractivity (Wildman–Crippen MR) is 89.5 cm³/mol. The number of aryl methyl sites for hydroxylation is 3. The van der Waals surface area contributed by atoms with E-state index in [1.54, 1.807) is 11.3 Å². The lowest BCUT2D eigenvalue weighted by Crippen LogP contribution is -2.13. The molecule has 0 spiro atoms. The molecule has 4 heteroatoms. The molecule has 1 aliphatic rings. The number of nitriles is 1. The molecular weight excluding hydrogens is 292 g/mol. The van der Waals surface area contributed by atoms with Crippen molar-refractivity contribution < 1.29 is 4.79 Å². The number of nitrogens with zero attached hydrogens (tertiary/aromatic N) is 1. The summed E-state index contributed by atoms with van der Waals surface area (Å²) in [5.41, 5.74) is 4.49. The summed E-state index contributed by atoms with van der Waals surface area (Å²) in [7, 11) is 0. The Kier molecular flexibility index (Phi) is 4.00. The highest BCUT2D eigenvalue weighted by molar-refractivity contribution is 7.16. The van der Waals surface area contributed by atoms with Crippen LogP contribution in [0.15, 0.2) is 18.2 Å². The second-order valence-electron chi connectivity index (χ2n) is 5.80. The minimum atomic E-state index is -0.128. The van der Waals surface area contributed by atoms with E-state index in [0.717, 1.165) is 36.0 Å². The molecule has 1 aromatic carbocycles. The standard InChI is InChI=1S/C18H18N2OS/c1-11-7-8-12(2)14(9-11)17(21)20-18-15(10-19)13-5-3-4-6-16(13)22-18/h7-9H,3-6H2,1-2H3,(H,20,21). The fourth-order valence-corrected chi connectivity index (χ4v) is 4.16. The van der Waals surface area contributed by atoms with Gasteiger partial charge in [0.1, 0.15) is 11.1 Å². The summed E-state index contributed by atoms with van der Waals surface area (Å²) in [4.78, 5) is 13.8. The zero-order valence-corrected chi connectivity index (χ0v) is 13.6. The third-order valence-electron chi connectivity index (χ3n) is 4.15. The number of amides is 1. The zero-order chi connectivity index (χ0) is 15.7. The highest BCUT2D eigenvalue weighted by Gasteiger charge is 2.22. The van der Waals surface area contributed by atoms with Gasteiger partial charge in [-0.25, -0.2) is 0 Å². The molecule has 1 aliphatic carbocycles. The molecule has 22 heavy (non-hydrogen) atoms. The number of fused-ring (bicyclic) bond motifs is 1. The Labute approximate surface area is 134 Å². The van der Waals surface area contributed by atoms with Gasteiger partial charge in [0.2, 0.25) is 0 Å². The molecule has 0 radical (unpaired) electrons. The van der Waals surface area contributed by atoms with Crippen molar-refractivity contribution in [1.82, 2.24) is 0 Å². The van der Waals surface area contributed by atoms with Crippen LogP contribution in [0, 0.1) is 25.2 Å². The van der Waals surface area contributed by atoms with Crippen LogP contribution >= 0.6 is 11.3 Å². The number of anilines is 1. The van der Waals surface area contributed by atoms with Gasteiger partial charge < -0.3 is 5.32 Å². The first-order chi connectivity index (χ1) is 10.6. The fourth-order valence-electron chi connectivity index (χ4n) is 2.92. The first-order valence-electron chi connectivity index (χ1n) is 7.53. The maximum absolute atomic E-state index is 12.6. The second kappa shape index (κ2) is 5.94. The van der Waals surface area contributed by atoms with E-state index in [-0.39, 0.29) is 5.91 Å². The topological polar surface area (TPSA) is 52.9 Å². The van der Waals surface area contributed by atoms with Crippen molar-refractivity contribution in [2.45, 2.75) is 39.5 Å². The summed E-state index contributed by atoms with van der Waals surface area (Å²) in [5.74, 6) is -0.128. The molecule has 1 aromatic heterocycles. The molecule has 3 rings (SSSR count). The van der Waals surface area contributed by atoms with Crippen molar-refractivity contribution in [3.63, 3.8) is 0 Å². The van der Waals surface area contributed by atoms with E-state index in [0.29, 0.717) is 16.1 Å². The summed E-state index contributed by atoms with van der Waals surface area (Å²) in [5, 5.41) is 13.1. The van der Waals surface area contributed by atoms with Gasteiger partial charge >= 0.3 is 0 Å². The van der Waals surface area contributed by atoms with E-state index in [4.69, 9.17) is 0 Å². The summed E-state index contributed by atoms with van der Waals surface area (Å²) in [6.07, 6.45) is 4.27. The van der Waals surface area contributed by atoms with Gasteiger partial charge in [-0.05, 0) is 56.7 Å². The average Bonchev–Trinajstić information content (AvgIpc) is 2.86. The minimum Gasteiger partial charge on any atom is -0.312 e. The molecule has 0 saturated heterocycles. The van der Waals surface area contributed by atoms with Gasteiger partial charge in [0, 0.05) is 10.4 Å². The van der Waals surface area contributed by atoms with Crippen LogP contribution in [0.3, 0.4) is 0 Å². The van der Waals surface area contributed by atoms with Gasteiger partial charge in [-0.1, -0.05) is 17.7 Å². The Morgan fingerprint density at radius 3 is 2.82 bits per heavy atom. The monoisotopic (exact) mass is 310 g/mol. The summed E-state index contributed by atoms with van der Waals surface area (Å²) < 4.78 is 0. The predicted octanol–water partition coefficient (Wildman–Crippen LogP) is 4.37. The lowest BCUT2D eigenvalue weighted by molar-refractivity contribution is 0.102. The van der Waals surface area contributed by atoms with Crippen LogP contribution in [0.4, 0.5) is 5.00 Å². The van der Waals surface area contributed by atoms with E-state index in [9.17, 15) is 10.1 Å². The summed E-state index contributed by atoms with van der Waals surface area (Å²) >= 11 is 1.57. The Morgan fingerprint density at radius 1 is 1.27 bits per heavy atom. The maximum atomic E-state index is 12.6. The van der Waals surface area contributed by atoms with Crippen molar-refractivity contribution in [1.29, 1.82) is 5.26 Å². The van der Waals surface area contributed by atoms with Crippen molar-refractivity contribution >= 4 is 22.2 Å². The van der Waals surface area contributed by atoms with Crippen LogP contribution < -0.4 is 5.32 Å². The first-order valence-corrected chi connectivity index (χ1v) is 8.35. The number of carbonyl (C=O) groups excluding carboxylic acids is 1. The number of nitrogens with one attached hydrogen (secondary N) is 1. The molecule has 0 unspecified atom stereocenters. The van der Waals surface area contributed by atoms with E-state index >= 15 is 0 Å². The molecule has 1 heterocycles. The van der Waals surface area contributed by atoms with Gasteiger partial charge in [0.25, 0.3) is 5.91 Å². The van der Waals surface area contributed by atoms with E-state index in [1.165, 1.54) is 11.3 Å². The van der Waals surface area contributed by atoms with Crippen LogP contribution in [-0.2, 0) is 12.8 Å². The Hall–Kier alpha value is -2.12. The number of benzene rings is 1. The number of carbonyl (C=O) groups is 1. The Morgan fingerprint density at radius 2 is 2.05 bits per heavy atom. The van der Waals surface area contributed by atoms with Crippen LogP contribution in [0.1, 0.15) is 50.3 Å². The molecule has 1 N–H and O–H groups in total. The molecule has 2 aromatic rings. The largest absolute Gasteiger partial charge is 0.312 e. The maximum Gasteiger partial charge on any atom is 0.256 e. The number of hydrogen-bond acceptors (Lipinski definition) is 3. The highest BCUT2D eigenvalue weighted by atomic mass is 32.1. The smallest absolute Gasteiger partial charge is 0.256 e. The quantitative estimate of drug-likeness (QED) is 0.895. The third-order valence-corrected chi connectivity index (χ3v) is 5.36. The molecule has 1 amide bonds. The SMILES string of the molecule is Cc1ccc(C)c(C(=O)Nc2sc3c(c2C#N)CCCC3)c1. The minimum absolute atomic E-state index is 0.128. The van der Waals surface area contributed by atoms with Crippen molar-refractivity contribution in [2.24, 2.45) is 0 Å². The van der Waals surface area contributed by atoms with Gasteiger partial charge in [0.05, 0.1) is 5.56 Å². The van der Waals surface area contributed by atoms with Crippen LogP contribution in [0.5, 0.6) is 0 Å². The fraction of sp³-hybridized carbons (Fsp3) is 0.333. The lowest BCUT2D eigenvalue weighted by atomic mass is 9.96. The molecule has 0 aliphatic heterocycles. The van der Waals surface area contributed by atoms with Crippen molar-refractivity contribution in [3.05, 3.63) is 50.9 Å². The van der Waals surface area contributed by atoms with Crippen LogP contribution in [-0.4, -0.2) is 5.91 Å². The first kappa shape index (κ1) is 14.8. The average molecular weight is 310 g/mol. The summed E-state index contributed by atoms with van der Waals surface area (Å²) in [6, 6.07) is 8.13. The number of thiophene rings is 1. The molecule has 3 nitrogen and oxygen atoms in total. The van der Waals surface area contributed by atoms with Crippen molar-refractivity contribution in [2.75, 3.05) is 5.32 Å². The van der Waals surface area contributed by atoms with Crippen LogP contribution in [0.25, 0.3) is 0 Å². The number of hydrogen-bond donors (Lipinski definition) is 1. The molecule has 0 fully saturated rings. The third kappa shape index (κ3) is 2.65. The molecule has 112 valence electrons. The molecule has 0 bridgehead atoms. The van der Waals surface area contributed by atoms with Gasteiger partial charge in [-0.3, -0.25) is 4.79 Å². The van der Waals surface area contributed by atoms with Gasteiger partial charge in [-0.15, -0.1) is 11.3 Å². The zero-order valence-electron chi connectivity index (χ0n) is 12.8. The van der Waals surface area contributed by atoms with Gasteiger partial charge in [0.15, 0.2) is 0 Å². The number of rotatable bonds is 2. The van der Waals surface area contributed by atoms with E-state index in [2.05, 4.69) is 11.4 Å². The summed E-state index contributed by atoms with van der Waals surface area (Å²) in [6.45, 7) is 3.90. The Balaban J connectivity index is 1.93. The van der Waals surface area contributed by atoms with E-state index in [1.807, 2.05) is 32.0 Å². The second-order valence-corrected chi connectivity index (χ2v) is 6.90. The van der Waals surface area contributed by atoms with E-state index < -0.39 is 0 Å². The molecule has 0 saturated carbocycles. The normalized spacial score (nSPS) is 13.3. The van der Waals surface area contributed by atoms with Crippen molar-refractivity contribution in [3.8, 4) is 6.07 Å². The highest BCUT2D eigenvalue weighted by Crippen LogP contribution is 2.37. The molecule has 0 atom stereocenters. The Bertz CT molecular complexity index is 783.